The Labute approximate surface area is 171 Å². The molecule has 0 fully saturated rings. The average molecular weight is 434 g/mol. The van der Waals surface area contributed by atoms with E-state index in [4.69, 9.17) is 27.9 Å². The van der Waals surface area contributed by atoms with Crippen LogP contribution in [0.2, 0.25) is 10.0 Å². The van der Waals surface area contributed by atoms with Crippen LogP contribution < -0.4 is 10.6 Å². The van der Waals surface area contributed by atoms with Crippen molar-refractivity contribution in [2.45, 2.75) is 32.6 Å². The lowest BCUT2D eigenvalue weighted by atomic mass is 10.2. The van der Waals surface area contributed by atoms with Crippen LogP contribution in [0.5, 0.6) is 0 Å². The number of allylic oxidation sites excluding steroid dienone is 2. The van der Waals surface area contributed by atoms with E-state index in [1.165, 1.54) is 24.5 Å². The van der Waals surface area contributed by atoms with Crippen molar-refractivity contribution in [1.29, 1.82) is 0 Å². The molecule has 1 aliphatic heterocycles. The van der Waals surface area contributed by atoms with E-state index in [1.54, 1.807) is 13.0 Å². The van der Waals surface area contributed by atoms with Crippen molar-refractivity contribution in [3.63, 3.8) is 0 Å². The number of rotatable bonds is 6. The van der Waals surface area contributed by atoms with E-state index in [-0.39, 0.29) is 39.4 Å². The maximum atomic E-state index is 12.8. The number of ether oxygens (including phenoxy) is 2. The molecule has 1 aromatic rings. The van der Waals surface area contributed by atoms with Crippen LogP contribution in [0.1, 0.15) is 13.8 Å². The van der Waals surface area contributed by atoms with E-state index in [1.807, 2.05) is 6.92 Å². The Morgan fingerprint density at radius 1 is 1.39 bits per heavy atom. The van der Waals surface area contributed by atoms with Gasteiger partial charge in [-0.3, -0.25) is 9.78 Å². The van der Waals surface area contributed by atoms with Gasteiger partial charge in [-0.15, -0.1) is 0 Å². The maximum Gasteiger partial charge on any atom is 0.387 e. The van der Waals surface area contributed by atoms with Gasteiger partial charge in [-0.25, -0.2) is 0 Å². The number of halogens is 4. The molecule has 0 spiro atoms. The average Bonchev–Trinajstić information content (AvgIpc) is 2.78. The summed E-state index contributed by atoms with van der Waals surface area (Å²) in [5.74, 6) is -0.598. The largest absolute Gasteiger partial charge is 0.486 e. The highest BCUT2D eigenvalue weighted by Crippen LogP contribution is 2.28. The van der Waals surface area contributed by atoms with Gasteiger partial charge in [0.05, 0.1) is 15.7 Å². The van der Waals surface area contributed by atoms with Crippen LogP contribution in [0.15, 0.2) is 48.2 Å². The molecule has 2 N–H and O–H groups in total. The SMILES string of the molecule is CC1C=C(/C(=C\C=C\C(=O)Nc2c(Cl)cncc2Cl)OC(F)F)O[C@H](C)CN1. The first-order valence-electron chi connectivity index (χ1n) is 8.31. The number of hydrogen-bond donors (Lipinski definition) is 2. The van der Waals surface area contributed by atoms with Gasteiger partial charge >= 0.3 is 6.61 Å². The van der Waals surface area contributed by atoms with Crippen molar-refractivity contribution in [3.05, 3.63) is 58.3 Å². The Morgan fingerprint density at radius 3 is 2.71 bits per heavy atom. The molecule has 1 unspecified atom stereocenters. The van der Waals surface area contributed by atoms with Crippen LogP contribution in [0.3, 0.4) is 0 Å². The summed E-state index contributed by atoms with van der Waals surface area (Å²) in [6.45, 7) is 1.15. The maximum absolute atomic E-state index is 12.8. The number of anilines is 1. The van der Waals surface area contributed by atoms with Gasteiger partial charge in [0.25, 0.3) is 0 Å². The molecule has 0 bridgehead atoms. The molecule has 2 atom stereocenters. The highest BCUT2D eigenvalue weighted by Gasteiger charge is 2.20. The van der Waals surface area contributed by atoms with Crippen LogP contribution in [0.25, 0.3) is 0 Å². The quantitative estimate of drug-likeness (QED) is 0.397. The van der Waals surface area contributed by atoms with Crippen molar-refractivity contribution in [1.82, 2.24) is 10.3 Å². The number of pyridine rings is 1. The molecule has 0 aliphatic carbocycles. The third kappa shape index (κ3) is 6.78. The third-order valence-corrected chi connectivity index (χ3v) is 4.09. The van der Waals surface area contributed by atoms with Crippen LogP contribution in [0, 0.1) is 0 Å². The van der Waals surface area contributed by atoms with Crippen molar-refractivity contribution in [2.24, 2.45) is 0 Å². The van der Waals surface area contributed by atoms with E-state index in [0.717, 1.165) is 6.08 Å². The molecule has 2 rings (SSSR count). The Balaban J connectivity index is 2.16. The minimum atomic E-state index is -3.05. The Hall–Kier alpha value is -2.16. The second kappa shape index (κ2) is 10.4. The van der Waals surface area contributed by atoms with Crippen LogP contribution in [0.4, 0.5) is 14.5 Å². The Bertz CT molecular complexity index is 780. The topological polar surface area (TPSA) is 72.5 Å². The number of carbonyl (C=O) groups excluding carboxylic acids is 1. The lowest BCUT2D eigenvalue weighted by molar-refractivity contribution is -0.111. The predicted molar refractivity (Wildman–Crippen MR) is 103 cm³/mol. The molecule has 1 aliphatic rings. The number of nitrogens with one attached hydrogen (secondary N) is 2. The van der Waals surface area contributed by atoms with Crippen molar-refractivity contribution >= 4 is 34.8 Å². The van der Waals surface area contributed by atoms with Gasteiger partial charge in [0.15, 0.2) is 11.5 Å². The first-order valence-corrected chi connectivity index (χ1v) is 9.07. The molecule has 0 radical (unpaired) electrons. The van der Waals surface area contributed by atoms with Gasteiger partial charge in [0.2, 0.25) is 5.91 Å². The van der Waals surface area contributed by atoms with E-state index >= 15 is 0 Å². The molecule has 28 heavy (non-hydrogen) atoms. The minimum absolute atomic E-state index is 0.104. The van der Waals surface area contributed by atoms with Gasteiger partial charge in [-0.1, -0.05) is 29.3 Å². The van der Waals surface area contributed by atoms with Gasteiger partial charge in [0.1, 0.15) is 6.10 Å². The molecular weight excluding hydrogens is 415 g/mol. The fraction of sp³-hybridized carbons (Fsp3) is 0.333. The molecule has 6 nitrogen and oxygen atoms in total. The first kappa shape index (κ1) is 22.1. The molecule has 0 saturated carbocycles. The second-order valence-corrected chi connectivity index (χ2v) is 6.71. The Kier molecular flexibility index (Phi) is 8.22. The molecule has 0 saturated heterocycles. The lowest BCUT2D eigenvalue weighted by Crippen LogP contribution is -2.29. The predicted octanol–water partition coefficient (Wildman–Crippen LogP) is 4.29. The van der Waals surface area contributed by atoms with E-state index in [2.05, 4.69) is 20.4 Å². The van der Waals surface area contributed by atoms with Gasteiger partial charge < -0.3 is 20.1 Å². The smallest absolute Gasteiger partial charge is 0.387 e. The first-order chi connectivity index (χ1) is 13.3. The summed E-state index contributed by atoms with van der Waals surface area (Å²) in [4.78, 5) is 15.8. The zero-order chi connectivity index (χ0) is 20.7. The fourth-order valence-electron chi connectivity index (χ4n) is 2.27. The number of amides is 1. The van der Waals surface area contributed by atoms with Crippen molar-refractivity contribution in [3.8, 4) is 0 Å². The minimum Gasteiger partial charge on any atom is -0.486 e. The van der Waals surface area contributed by atoms with Crippen molar-refractivity contribution < 1.29 is 23.0 Å². The van der Waals surface area contributed by atoms with Crippen LogP contribution in [-0.4, -0.2) is 36.2 Å². The molecule has 10 heteroatoms. The summed E-state index contributed by atoms with van der Waals surface area (Å²) in [5, 5.41) is 5.99. The van der Waals surface area contributed by atoms with Gasteiger partial charge in [-0.05, 0) is 26.0 Å². The third-order valence-electron chi connectivity index (χ3n) is 3.51. The number of alkyl halides is 2. The van der Waals surface area contributed by atoms with Crippen LogP contribution >= 0.6 is 23.2 Å². The fourth-order valence-corrected chi connectivity index (χ4v) is 2.73. The standard InChI is InChI=1S/C18H19Cl2F2N3O3/c1-10-6-15(27-11(2)7-24-10)14(28-18(21)22)4-3-5-16(26)25-17-12(19)8-23-9-13(17)20/h3-6,8-11,18,24H,7H2,1-2H3,(H,23,25,26)/b5-3+,14-4+/t10?,11-/m1/s1. The summed E-state index contributed by atoms with van der Waals surface area (Å²) in [5.41, 5.74) is 0.199. The number of carbonyl (C=O) groups is 1. The van der Waals surface area contributed by atoms with Crippen molar-refractivity contribution in [2.75, 3.05) is 11.9 Å². The van der Waals surface area contributed by atoms with Gasteiger partial charge in [0, 0.05) is 31.1 Å². The normalized spacial score (nSPS) is 20.5. The monoisotopic (exact) mass is 433 g/mol. The second-order valence-electron chi connectivity index (χ2n) is 5.89. The lowest BCUT2D eigenvalue weighted by Gasteiger charge is -2.16. The Morgan fingerprint density at radius 2 is 2.07 bits per heavy atom. The summed E-state index contributed by atoms with van der Waals surface area (Å²) in [7, 11) is 0. The zero-order valence-corrected chi connectivity index (χ0v) is 16.6. The molecule has 2 heterocycles. The van der Waals surface area contributed by atoms with Gasteiger partial charge in [-0.2, -0.15) is 8.78 Å². The number of hydrogen-bond acceptors (Lipinski definition) is 5. The molecule has 152 valence electrons. The molecule has 0 aromatic carbocycles. The number of nitrogens with zero attached hydrogens (tertiary/aromatic N) is 1. The van der Waals surface area contributed by atoms with Crippen LogP contribution in [-0.2, 0) is 14.3 Å². The summed E-state index contributed by atoms with van der Waals surface area (Å²) in [6, 6.07) is -0.104. The summed E-state index contributed by atoms with van der Waals surface area (Å²) >= 11 is 11.9. The van der Waals surface area contributed by atoms with E-state index in [9.17, 15) is 13.6 Å². The molecule has 1 aromatic heterocycles. The van der Waals surface area contributed by atoms with E-state index < -0.39 is 12.5 Å². The molecular formula is C18H19Cl2F2N3O3. The highest BCUT2D eigenvalue weighted by atomic mass is 35.5. The number of aromatic nitrogens is 1. The zero-order valence-electron chi connectivity index (χ0n) is 15.1. The summed E-state index contributed by atoms with van der Waals surface area (Å²) < 4.78 is 35.8. The highest BCUT2D eigenvalue weighted by molar-refractivity contribution is 6.39. The molecule has 1 amide bonds. The summed E-state index contributed by atoms with van der Waals surface area (Å²) in [6.07, 6.45) is 7.63. The van der Waals surface area contributed by atoms with E-state index in [0.29, 0.717) is 6.54 Å².